The summed E-state index contributed by atoms with van der Waals surface area (Å²) in [6.07, 6.45) is 0. The van der Waals surface area contributed by atoms with Crippen LogP contribution in [0.25, 0.3) is 0 Å². The molecule has 0 radical (unpaired) electrons. The van der Waals surface area contributed by atoms with Crippen molar-refractivity contribution >= 4 is 22.3 Å². The molecule has 0 N–H and O–H groups in total. The Morgan fingerprint density at radius 3 is 1.25 bits per heavy atom. The Bertz CT molecular complexity index is 207. The maximum absolute atomic E-state index is 9.16. The van der Waals surface area contributed by atoms with Gasteiger partial charge in [-0.05, 0) is 0 Å². The zero-order valence-electron chi connectivity index (χ0n) is 9.45. The number of rotatable bonds is 2. The molecule has 0 rings (SSSR count). The Morgan fingerprint density at radius 1 is 0.833 bits per heavy atom. The van der Waals surface area contributed by atoms with Crippen LogP contribution in [0.4, 0.5) is 0 Å². The van der Waals surface area contributed by atoms with E-state index in [2.05, 4.69) is 51.5 Å². The molecule has 70 valence electrons. The van der Waals surface area contributed by atoms with E-state index in [4.69, 9.17) is 5.26 Å². The lowest BCUT2D eigenvalue weighted by Gasteiger charge is -2.42. The third kappa shape index (κ3) is 1.90. The van der Waals surface area contributed by atoms with E-state index in [1.54, 1.807) is 0 Å². The summed E-state index contributed by atoms with van der Waals surface area (Å²) in [6, 6.07) is 0. The molecular weight excluding hydrogens is 194 g/mol. The summed E-state index contributed by atoms with van der Waals surface area (Å²) in [6.45, 7) is 16.6. The zero-order valence-corrected chi connectivity index (χ0v) is 12.4. The van der Waals surface area contributed by atoms with Crippen LogP contribution in [0, 0.1) is 11.0 Å². The summed E-state index contributed by atoms with van der Waals surface area (Å²) >= 11 is 0. The second kappa shape index (κ2) is 3.13. The van der Waals surface area contributed by atoms with Gasteiger partial charge in [0.15, 0.2) is 7.59 Å². The maximum atomic E-state index is 9.16. The molecule has 0 atom stereocenters. The minimum Gasteiger partial charge on any atom is -0.207 e. The summed E-state index contributed by atoms with van der Waals surface area (Å²) in [7, 11) is -3.81. The highest BCUT2D eigenvalue weighted by molar-refractivity contribution is 7.69. The first-order valence-electron chi connectivity index (χ1n) is 4.47. The van der Waals surface area contributed by atoms with Crippen LogP contribution in [0.2, 0.25) is 45.8 Å². The molecule has 0 aliphatic carbocycles. The highest BCUT2D eigenvalue weighted by Gasteiger charge is 2.50. The van der Waals surface area contributed by atoms with E-state index in [9.17, 15) is 0 Å². The van der Waals surface area contributed by atoms with Crippen molar-refractivity contribution in [2.45, 2.75) is 45.8 Å². The molecule has 0 aromatic carbocycles. The first-order valence-corrected chi connectivity index (χ1v) is 16.0. The fourth-order valence-electron chi connectivity index (χ4n) is 1.08. The van der Waals surface area contributed by atoms with E-state index in [1.165, 1.54) is 0 Å². The summed E-state index contributed by atoms with van der Waals surface area (Å²) in [5, 5.41) is 9.16. The lowest BCUT2D eigenvalue weighted by Crippen LogP contribution is -2.68. The SMILES string of the molecule is C[Si](C)(C)[Si](C)(C)[Si](C)(C)C#N. The molecule has 0 heterocycles. The Balaban J connectivity index is 5.02. The van der Waals surface area contributed by atoms with Gasteiger partial charge in [0.1, 0.15) is 0 Å². The van der Waals surface area contributed by atoms with E-state index in [0.717, 1.165) is 0 Å². The molecular formula is C8H21NSi3. The van der Waals surface area contributed by atoms with Gasteiger partial charge in [0.25, 0.3) is 0 Å². The smallest absolute Gasteiger partial charge is 0.155 e. The highest BCUT2D eigenvalue weighted by Crippen LogP contribution is 2.27. The first kappa shape index (κ1) is 12.1. The average molecular weight is 216 g/mol. The van der Waals surface area contributed by atoms with E-state index in [0.29, 0.717) is 0 Å². The van der Waals surface area contributed by atoms with Crippen molar-refractivity contribution in [3.63, 3.8) is 0 Å². The average Bonchev–Trinajstić information content (AvgIpc) is 1.85. The molecule has 0 unspecified atom stereocenters. The normalized spacial score (nSPS) is 14.2. The Kier molecular flexibility index (Phi) is 3.16. The molecule has 12 heavy (non-hydrogen) atoms. The zero-order chi connectivity index (χ0) is 10.2. The van der Waals surface area contributed by atoms with Gasteiger partial charge in [-0.25, -0.2) is 5.26 Å². The van der Waals surface area contributed by atoms with E-state index < -0.39 is 22.3 Å². The predicted octanol–water partition coefficient (Wildman–Crippen LogP) is 2.96. The van der Waals surface area contributed by atoms with Crippen molar-refractivity contribution < 1.29 is 0 Å². The summed E-state index contributed by atoms with van der Waals surface area (Å²) in [4.78, 5) is 0. The topological polar surface area (TPSA) is 23.8 Å². The van der Waals surface area contributed by atoms with Gasteiger partial charge >= 0.3 is 0 Å². The minimum absolute atomic E-state index is 1.06. The van der Waals surface area contributed by atoms with Crippen molar-refractivity contribution in [1.82, 2.24) is 0 Å². The van der Waals surface area contributed by atoms with Gasteiger partial charge in [0, 0.05) is 13.3 Å². The number of hydrogen-bond donors (Lipinski definition) is 0. The molecule has 0 saturated carbocycles. The lowest BCUT2D eigenvalue weighted by atomic mass is 11.7. The van der Waals surface area contributed by atoms with Gasteiger partial charge < -0.3 is 0 Å². The van der Waals surface area contributed by atoms with Crippen LogP contribution in [0.15, 0.2) is 0 Å². The molecule has 0 aromatic rings. The molecule has 0 aliphatic heterocycles. The first-order chi connectivity index (χ1) is 5.06. The van der Waals surface area contributed by atoms with Crippen molar-refractivity contribution in [1.29, 1.82) is 5.26 Å². The third-order valence-electron chi connectivity index (χ3n) is 3.72. The fourth-order valence-corrected chi connectivity index (χ4v) is 27.1. The molecule has 0 saturated heterocycles. The van der Waals surface area contributed by atoms with E-state index >= 15 is 0 Å². The molecule has 1 nitrogen and oxygen atoms in total. The van der Waals surface area contributed by atoms with Gasteiger partial charge in [-0.1, -0.05) is 45.8 Å². The third-order valence-corrected chi connectivity index (χ3v) is 44.5. The van der Waals surface area contributed by atoms with E-state index in [1.807, 2.05) is 0 Å². The quantitative estimate of drug-likeness (QED) is 0.650. The maximum Gasteiger partial charge on any atom is 0.155 e. The summed E-state index contributed by atoms with van der Waals surface area (Å²) in [5.74, 6) is 0. The molecule has 0 aliphatic rings. The van der Waals surface area contributed by atoms with Crippen molar-refractivity contribution in [3.05, 3.63) is 0 Å². The molecule has 0 amide bonds. The van der Waals surface area contributed by atoms with Crippen LogP contribution < -0.4 is 0 Å². The molecule has 4 heteroatoms. The monoisotopic (exact) mass is 215 g/mol. The van der Waals surface area contributed by atoms with Gasteiger partial charge in [-0.2, -0.15) is 0 Å². The van der Waals surface area contributed by atoms with Gasteiger partial charge in [0.05, 0.1) is 7.11 Å². The Hall–Kier alpha value is 0.141. The standard InChI is InChI=1S/C8H21NSi3/c1-10(2,3)12(6,7)11(4,5)8-9/h1-7H3. The lowest BCUT2D eigenvalue weighted by molar-refractivity contribution is 1.54. The summed E-state index contributed by atoms with van der Waals surface area (Å²) < 4.78 is 0. The molecule has 0 fully saturated rings. The Labute approximate surface area is 79.4 Å². The van der Waals surface area contributed by atoms with Crippen LogP contribution in [0.5, 0.6) is 0 Å². The van der Waals surface area contributed by atoms with Crippen molar-refractivity contribution in [2.75, 3.05) is 0 Å². The van der Waals surface area contributed by atoms with Crippen LogP contribution in [0.3, 0.4) is 0 Å². The number of nitrogens with zero attached hydrogens (tertiary/aromatic N) is 1. The number of nitriles is 1. The number of hydrogen-bond acceptors (Lipinski definition) is 1. The second-order valence-electron chi connectivity index (χ2n) is 5.61. The van der Waals surface area contributed by atoms with Crippen LogP contribution in [-0.4, -0.2) is 22.3 Å². The van der Waals surface area contributed by atoms with Crippen molar-refractivity contribution in [3.8, 4) is 5.69 Å². The second-order valence-corrected chi connectivity index (χ2v) is 34.1. The minimum atomic E-state index is -1.53. The van der Waals surface area contributed by atoms with Gasteiger partial charge in [-0.3, -0.25) is 0 Å². The van der Waals surface area contributed by atoms with Crippen LogP contribution in [-0.2, 0) is 0 Å². The fraction of sp³-hybridized carbons (Fsp3) is 0.875. The molecule has 0 bridgehead atoms. The molecule has 0 spiro atoms. The van der Waals surface area contributed by atoms with Gasteiger partial charge in [-0.15, -0.1) is 0 Å². The largest absolute Gasteiger partial charge is 0.207 e. The summed E-state index contributed by atoms with van der Waals surface area (Å²) in [5.41, 5.74) is 2.62. The molecule has 0 aromatic heterocycles. The predicted molar refractivity (Wildman–Crippen MR) is 63.9 cm³/mol. The van der Waals surface area contributed by atoms with E-state index in [-0.39, 0.29) is 0 Å². The van der Waals surface area contributed by atoms with Crippen molar-refractivity contribution in [2.24, 2.45) is 0 Å². The Morgan fingerprint density at radius 2 is 1.17 bits per heavy atom. The van der Waals surface area contributed by atoms with Crippen LogP contribution in [0.1, 0.15) is 0 Å². The van der Waals surface area contributed by atoms with Crippen LogP contribution >= 0.6 is 0 Å². The highest BCUT2D eigenvalue weighted by atomic mass is 29.6. The van der Waals surface area contributed by atoms with Gasteiger partial charge in [0.2, 0.25) is 0 Å².